The first-order chi connectivity index (χ1) is 13.3. The monoisotopic (exact) mass is 378 g/mol. The van der Waals surface area contributed by atoms with Gasteiger partial charge in [0.25, 0.3) is 0 Å². The Labute approximate surface area is 166 Å². The van der Waals surface area contributed by atoms with Crippen molar-refractivity contribution in [3.63, 3.8) is 0 Å². The van der Waals surface area contributed by atoms with Gasteiger partial charge in [0.15, 0.2) is 0 Å². The SMILES string of the molecule is CCCCCCCCCCCCCCNc1cc(OCCCC)nc(N)n1. The molecule has 156 valence electrons. The second-order valence-electron chi connectivity index (χ2n) is 7.47. The first-order valence-electron chi connectivity index (χ1n) is 11.3. The number of hydrogen-bond acceptors (Lipinski definition) is 5. The predicted molar refractivity (Wildman–Crippen MR) is 116 cm³/mol. The third-order valence-electron chi connectivity index (χ3n) is 4.80. The van der Waals surface area contributed by atoms with E-state index in [-0.39, 0.29) is 5.95 Å². The van der Waals surface area contributed by atoms with Crippen LogP contribution in [0, 0.1) is 0 Å². The zero-order valence-electron chi connectivity index (χ0n) is 17.8. The van der Waals surface area contributed by atoms with Crippen LogP contribution >= 0.6 is 0 Å². The maximum absolute atomic E-state index is 5.77. The Hall–Kier alpha value is -1.52. The zero-order chi connectivity index (χ0) is 19.6. The number of nitrogen functional groups attached to an aromatic ring is 1. The maximum Gasteiger partial charge on any atom is 0.225 e. The number of nitrogens with two attached hydrogens (primary N) is 1. The van der Waals surface area contributed by atoms with E-state index in [1.165, 1.54) is 70.6 Å². The maximum atomic E-state index is 5.77. The highest BCUT2D eigenvalue weighted by Crippen LogP contribution is 2.16. The highest BCUT2D eigenvalue weighted by Gasteiger charge is 2.03. The van der Waals surface area contributed by atoms with E-state index < -0.39 is 0 Å². The van der Waals surface area contributed by atoms with Gasteiger partial charge in [-0.05, 0) is 12.8 Å². The highest BCUT2D eigenvalue weighted by molar-refractivity contribution is 5.42. The van der Waals surface area contributed by atoms with Crippen LogP contribution in [-0.4, -0.2) is 23.1 Å². The molecule has 5 nitrogen and oxygen atoms in total. The number of nitrogens with one attached hydrogen (secondary N) is 1. The van der Waals surface area contributed by atoms with E-state index in [0.717, 1.165) is 31.6 Å². The van der Waals surface area contributed by atoms with Crippen molar-refractivity contribution in [1.29, 1.82) is 0 Å². The van der Waals surface area contributed by atoms with E-state index in [4.69, 9.17) is 10.5 Å². The van der Waals surface area contributed by atoms with Crippen LogP contribution in [0.4, 0.5) is 11.8 Å². The Morgan fingerprint density at radius 2 is 1.33 bits per heavy atom. The van der Waals surface area contributed by atoms with E-state index in [9.17, 15) is 0 Å². The molecule has 1 aromatic rings. The van der Waals surface area contributed by atoms with Crippen LogP contribution in [0.25, 0.3) is 0 Å². The Bertz CT molecular complexity index is 468. The lowest BCUT2D eigenvalue weighted by Crippen LogP contribution is -2.08. The smallest absolute Gasteiger partial charge is 0.225 e. The van der Waals surface area contributed by atoms with E-state index >= 15 is 0 Å². The van der Waals surface area contributed by atoms with E-state index in [1.807, 2.05) is 6.07 Å². The van der Waals surface area contributed by atoms with E-state index in [1.54, 1.807) is 0 Å². The van der Waals surface area contributed by atoms with Gasteiger partial charge in [-0.2, -0.15) is 9.97 Å². The molecule has 1 rings (SSSR count). The molecule has 27 heavy (non-hydrogen) atoms. The van der Waals surface area contributed by atoms with Crippen LogP contribution in [0.15, 0.2) is 6.07 Å². The minimum atomic E-state index is 0.265. The molecule has 1 aromatic heterocycles. The Balaban J connectivity index is 2.00. The van der Waals surface area contributed by atoms with E-state index in [0.29, 0.717) is 12.5 Å². The summed E-state index contributed by atoms with van der Waals surface area (Å²) < 4.78 is 5.62. The lowest BCUT2D eigenvalue weighted by molar-refractivity contribution is 0.298. The second-order valence-corrected chi connectivity index (χ2v) is 7.47. The third-order valence-corrected chi connectivity index (χ3v) is 4.80. The lowest BCUT2D eigenvalue weighted by atomic mass is 10.1. The molecule has 0 saturated carbocycles. The summed E-state index contributed by atoms with van der Waals surface area (Å²) in [5, 5.41) is 3.34. The summed E-state index contributed by atoms with van der Waals surface area (Å²) in [4.78, 5) is 8.36. The van der Waals surface area contributed by atoms with Crippen LogP contribution in [0.3, 0.4) is 0 Å². The van der Waals surface area contributed by atoms with Crippen molar-refractivity contribution in [3.05, 3.63) is 6.07 Å². The average Bonchev–Trinajstić information content (AvgIpc) is 2.65. The van der Waals surface area contributed by atoms with Crippen molar-refractivity contribution in [2.45, 2.75) is 104 Å². The molecule has 5 heteroatoms. The van der Waals surface area contributed by atoms with Gasteiger partial charge in [0.1, 0.15) is 5.82 Å². The number of nitrogens with zero attached hydrogens (tertiary/aromatic N) is 2. The predicted octanol–water partition coefficient (Wildman–Crippen LogP) is 6.35. The second kappa shape index (κ2) is 16.6. The average molecular weight is 379 g/mol. The molecular formula is C22H42N4O. The van der Waals surface area contributed by atoms with Gasteiger partial charge >= 0.3 is 0 Å². The summed E-state index contributed by atoms with van der Waals surface area (Å²) in [5.41, 5.74) is 5.77. The molecule has 0 fully saturated rings. The molecule has 3 N–H and O–H groups in total. The molecule has 0 spiro atoms. The standard InChI is InChI=1S/C22H42N4O/c1-3-5-7-8-9-10-11-12-13-14-15-16-17-24-20-19-21(26-22(23)25-20)27-18-6-4-2/h19H,3-18H2,1-2H3,(H3,23,24,25,26). The van der Waals surface area contributed by atoms with Gasteiger partial charge in [0, 0.05) is 12.6 Å². The largest absolute Gasteiger partial charge is 0.477 e. The summed E-state index contributed by atoms with van der Waals surface area (Å²) in [5.74, 6) is 1.59. The molecule has 0 aliphatic carbocycles. The van der Waals surface area contributed by atoms with Gasteiger partial charge in [-0.15, -0.1) is 0 Å². The molecule has 0 aromatic carbocycles. The highest BCUT2D eigenvalue weighted by atomic mass is 16.5. The fraction of sp³-hybridized carbons (Fsp3) is 0.818. The number of anilines is 2. The number of rotatable bonds is 18. The number of hydrogen-bond donors (Lipinski definition) is 2. The number of ether oxygens (including phenoxy) is 1. The van der Waals surface area contributed by atoms with Crippen LogP contribution < -0.4 is 15.8 Å². The Kier molecular flexibility index (Phi) is 14.5. The first kappa shape index (κ1) is 23.5. The van der Waals surface area contributed by atoms with Crippen molar-refractivity contribution in [1.82, 2.24) is 9.97 Å². The fourth-order valence-corrected chi connectivity index (χ4v) is 3.11. The van der Waals surface area contributed by atoms with Crippen LogP contribution in [0.5, 0.6) is 5.88 Å². The van der Waals surface area contributed by atoms with Crippen molar-refractivity contribution < 1.29 is 4.74 Å². The molecule has 0 bridgehead atoms. The van der Waals surface area contributed by atoms with Crippen molar-refractivity contribution in [2.75, 3.05) is 24.2 Å². The molecule has 0 saturated heterocycles. The van der Waals surface area contributed by atoms with Crippen molar-refractivity contribution in [3.8, 4) is 5.88 Å². The number of unbranched alkanes of at least 4 members (excludes halogenated alkanes) is 12. The van der Waals surface area contributed by atoms with Crippen molar-refractivity contribution in [2.24, 2.45) is 0 Å². The number of aromatic nitrogens is 2. The molecule has 0 unspecified atom stereocenters. The minimum absolute atomic E-state index is 0.265. The summed E-state index contributed by atoms with van der Waals surface area (Å²) >= 11 is 0. The molecule has 0 radical (unpaired) electrons. The molecule has 0 atom stereocenters. The van der Waals surface area contributed by atoms with Crippen LogP contribution in [0.1, 0.15) is 104 Å². The zero-order valence-corrected chi connectivity index (χ0v) is 17.8. The Morgan fingerprint density at radius 3 is 1.93 bits per heavy atom. The molecule has 0 aliphatic heterocycles. The summed E-state index contributed by atoms with van der Waals surface area (Å²) in [6.45, 7) is 6.01. The normalized spacial score (nSPS) is 10.9. The first-order valence-corrected chi connectivity index (χ1v) is 11.3. The van der Waals surface area contributed by atoms with Gasteiger partial charge in [-0.1, -0.05) is 90.9 Å². The molecule has 0 amide bonds. The summed E-state index contributed by atoms with van der Waals surface area (Å²) in [6.07, 6.45) is 18.5. The summed E-state index contributed by atoms with van der Waals surface area (Å²) in [7, 11) is 0. The van der Waals surface area contributed by atoms with Gasteiger partial charge in [-0.3, -0.25) is 0 Å². The quantitative estimate of drug-likeness (QED) is 0.291. The molecule has 0 aliphatic rings. The van der Waals surface area contributed by atoms with Gasteiger partial charge in [-0.25, -0.2) is 0 Å². The molecular weight excluding hydrogens is 336 g/mol. The fourth-order valence-electron chi connectivity index (χ4n) is 3.11. The van der Waals surface area contributed by atoms with Crippen LogP contribution in [0.2, 0.25) is 0 Å². The lowest BCUT2D eigenvalue weighted by Gasteiger charge is -2.09. The molecule has 1 heterocycles. The van der Waals surface area contributed by atoms with E-state index in [2.05, 4.69) is 29.1 Å². The topological polar surface area (TPSA) is 73.1 Å². The van der Waals surface area contributed by atoms with Gasteiger partial charge < -0.3 is 15.8 Å². The summed E-state index contributed by atoms with van der Waals surface area (Å²) in [6, 6.07) is 1.84. The third kappa shape index (κ3) is 13.3. The van der Waals surface area contributed by atoms with Crippen LogP contribution in [-0.2, 0) is 0 Å². The van der Waals surface area contributed by atoms with Gasteiger partial charge in [0.2, 0.25) is 11.8 Å². The minimum Gasteiger partial charge on any atom is -0.477 e. The Morgan fingerprint density at radius 1 is 0.778 bits per heavy atom. The van der Waals surface area contributed by atoms with Crippen molar-refractivity contribution >= 4 is 11.8 Å². The van der Waals surface area contributed by atoms with Gasteiger partial charge in [0.05, 0.1) is 6.61 Å².